The molecule has 166 valence electrons. The number of nitro benzene ring substituents is 1. The molecule has 0 radical (unpaired) electrons. The topological polar surface area (TPSA) is 93.0 Å². The maximum atomic E-state index is 12.5. The van der Waals surface area contributed by atoms with Gasteiger partial charge in [-0.1, -0.05) is 20.3 Å². The van der Waals surface area contributed by atoms with E-state index in [-0.39, 0.29) is 18.2 Å². The summed E-state index contributed by atoms with van der Waals surface area (Å²) < 4.78 is 5.28. The number of hydrogen-bond acceptors (Lipinski definition) is 7. The van der Waals surface area contributed by atoms with E-state index in [4.69, 9.17) is 4.74 Å². The molecule has 1 aromatic carbocycles. The van der Waals surface area contributed by atoms with Gasteiger partial charge in [-0.15, -0.1) is 11.3 Å². The van der Waals surface area contributed by atoms with Crippen molar-refractivity contribution >= 4 is 34.6 Å². The number of thiophene rings is 1. The highest BCUT2D eigenvalue weighted by Gasteiger charge is 2.23. The molecule has 1 saturated heterocycles. The van der Waals surface area contributed by atoms with Crippen molar-refractivity contribution in [2.24, 2.45) is 0 Å². The number of hydrogen-bond donors (Lipinski definition) is 0. The maximum absolute atomic E-state index is 12.5. The van der Waals surface area contributed by atoms with Gasteiger partial charge < -0.3 is 14.5 Å². The molecule has 0 bridgehead atoms. The number of anilines is 1. The summed E-state index contributed by atoms with van der Waals surface area (Å²) in [5.41, 5.74) is 2.11. The maximum Gasteiger partial charge on any atom is 0.348 e. The zero-order valence-electron chi connectivity index (χ0n) is 17.8. The van der Waals surface area contributed by atoms with Gasteiger partial charge in [0, 0.05) is 48.9 Å². The summed E-state index contributed by atoms with van der Waals surface area (Å²) in [6.45, 7) is 6.15. The van der Waals surface area contributed by atoms with Crippen LogP contribution in [-0.2, 0) is 22.4 Å². The third kappa shape index (κ3) is 5.61. The Kier molecular flexibility index (Phi) is 7.62. The Hall–Kier alpha value is -2.94. The molecule has 1 amide bonds. The van der Waals surface area contributed by atoms with Crippen LogP contribution in [0.5, 0.6) is 0 Å². The Morgan fingerprint density at radius 1 is 1.13 bits per heavy atom. The van der Waals surface area contributed by atoms with Gasteiger partial charge in [0.15, 0.2) is 6.61 Å². The average molecular weight is 446 g/mol. The summed E-state index contributed by atoms with van der Waals surface area (Å²) in [5.74, 6) is -0.655. The molecule has 1 fully saturated rings. The summed E-state index contributed by atoms with van der Waals surface area (Å²) in [6, 6.07) is 8.27. The van der Waals surface area contributed by atoms with Gasteiger partial charge >= 0.3 is 5.97 Å². The van der Waals surface area contributed by atoms with Gasteiger partial charge in [0.1, 0.15) is 4.88 Å². The number of aryl methyl sites for hydroxylation is 2. The number of carbonyl (C=O) groups is 2. The van der Waals surface area contributed by atoms with Crippen LogP contribution in [0.3, 0.4) is 0 Å². The number of benzene rings is 1. The molecule has 0 atom stereocenters. The predicted molar refractivity (Wildman–Crippen MR) is 120 cm³/mol. The normalized spacial score (nSPS) is 13.9. The van der Waals surface area contributed by atoms with E-state index in [1.54, 1.807) is 17.0 Å². The first-order valence-corrected chi connectivity index (χ1v) is 11.3. The molecular weight excluding hydrogens is 418 g/mol. The zero-order valence-corrected chi connectivity index (χ0v) is 18.7. The van der Waals surface area contributed by atoms with Crippen LogP contribution in [0.15, 0.2) is 30.3 Å². The number of amides is 1. The lowest BCUT2D eigenvalue weighted by Crippen LogP contribution is -2.49. The SMILES string of the molecule is CCCc1sc(C(=O)OCC(=O)N2CCN(c3ccc([N+](=O)[O-])cc3)CC2)cc1CC. The minimum absolute atomic E-state index is 0.0537. The van der Waals surface area contributed by atoms with Gasteiger partial charge in [-0.05, 0) is 36.6 Å². The van der Waals surface area contributed by atoms with E-state index in [2.05, 4.69) is 18.7 Å². The first-order chi connectivity index (χ1) is 14.9. The molecule has 2 aromatic rings. The fourth-order valence-electron chi connectivity index (χ4n) is 3.59. The smallest absolute Gasteiger partial charge is 0.348 e. The minimum Gasteiger partial charge on any atom is -0.451 e. The van der Waals surface area contributed by atoms with Crippen molar-refractivity contribution in [2.45, 2.75) is 33.1 Å². The fourth-order valence-corrected chi connectivity index (χ4v) is 4.84. The van der Waals surface area contributed by atoms with E-state index in [1.165, 1.54) is 33.9 Å². The predicted octanol–water partition coefficient (Wildman–Crippen LogP) is 3.68. The van der Waals surface area contributed by atoms with Crippen molar-refractivity contribution in [1.29, 1.82) is 0 Å². The second kappa shape index (κ2) is 10.4. The lowest BCUT2D eigenvalue weighted by atomic mass is 10.1. The van der Waals surface area contributed by atoms with Crippen LogP contribution in [0.1, 0.15) is 40.4 Å². The quantitative estimate of drug-likeness (QED) is 0.350. The molecule has 0 spiro atoms. The number of piperazine rings is 1. The highest BCUT2D eigenvalue weighted by atomic mass is 32.1. The molecule has 0 N–H and O–H groups in total. The van der Waals surface area contributed by atoms with Crippen molar-refractivity contribution in [3.8, 4) is 0 Å². The molecule has 1 aliphatic heterocycles. The van der Waals surface area contributed by atoms with Gasteiger partial charge in [0.2, 0.25) is 0 Å². The monoisotopic (exact) mass is 445 g/mol. The first kappa shape index (κ1) is 22.7. The summed E-state index contributed by atoms with van der Waals surface area (Å²) in [4.78, 5) is 40.8. The van der Waals surface area contributed by atoms with Gasteiger partial charge in [0.05, 0.1) is 4.92 Å². The van der Waals surface area contributed by atoms with Crippen molar-refractivity contribution < 1.29 is 19.2 Å². The van der Waals surface area contributed by atoms with E-state index >= 15 is 0 Å². The number of non-ortho nitro benzene ring substituents is 1. The highest BCUT2D eigenvalue weighted by molar-refractivity contribution is 7.14. The third-order valence-electron chi connectivity index (χ3n) is 5.34. The Labute approximate surface area is 185 Å². The van der Waals surface area contributed by atoms with Crippen LogP contribution in [0.25, 0.3) is 0 Å². The summed E-state index contributed by atoms with van der Waals surface area (Å²) in [5, 5.41) is 10.8. The molecule has 0 saturated carbocycles. The molecule has 0 aliphatic carbocycles. The first-order valence-electron chi connectivity index (χ1n) is 10.5. The molecule has 1 aliphatic rings. The lowest BCUT2D eigenvalue weighted by Gasteiger charge is -2.36. The molecule has 2 heterocycles. The van der Waals surface area contributed by atoms with Gasteiger partial charge in [-0.25, -0.2) is 4.79 Å². The van der Waals surface area contributed by atoms with Gasteiger partial charge in [-0.3, -0.25) is 14.9 Å². The largest absolute Gasteiger partial charge is 0.451 e. The van der Waals surface area contributed by atoms with Crippen LogP contribution >= 0.6 is 11.3 Å². The number of nitrogens with zero attached hydrogens (tertiary/aromatic N) is 3. The molecule has 9 heteroatoms. The van der Waals surface area contributed by atoms with Gasteiger partial charge in [0.25, 0.3) is 11.6 Å². The molecule has 1 aromatic heterocycles. The van der Waals surface area contributed by atoms with E-state index in [1.807, 2.05) is 6.07 Å². The van der Waals surface area contributed by atoms with Crippen molar-refractivity contribution in [3.05, 3.63) is 55.8 Å². The number of esters is 1. The molecular formula is C22H27N3O5S. The standard InChI is InChI=1S/C22H27N3O5S/c1-3-5-19-16(4-2)14-20(31-19)22(27)30-15-21(26)24-12-10-23(11-13-24)17-6-8-18(9-7-17)25(28)29/h6-9,14H,3-5,10-13,15H2,1-2H3. The molecule has 3 rings (SSSR count). The van der Waals surface area contributed by atoms with Crippen LogP contribution in [0, 0.1) is 10.1 Å². The summed E-state index contributed by atoms with van der Waals surface area (Å²) in [6.07, 6.45) is 2.84. The van der Waals surface area contributed by atoms with Gasteiger partial charge in [-0.2, -0.15) is 0 Å². The van der Waals surface area contributed by atoms with Crippen LogP contribution in [0.2, 0.25) is 0 Å². The summed E-state index contributed by atoms with van der Waals surface area (Å²) in [7, 11) is 0. The second-order valence-electron chi connectivity index (χ2n) is 7.38. The minimum atomic E-state index is -0.445. The van der Waals surface area contributed by atoms with Crippen LogP contribution in [-0.4, -0.2) is 54.5 Å². The average Bonchev–Trinajstić information content (AvgIpc) is 3.20. The summed E-state index contributed by atoms with van der Waals surface area (Å²) >= 11 is 1.46. The van der Waals surface area contributed by atoms with Crippen LogP contribution < -0.4 is 4.90 Å². The molecule has 31 heavy (non-hydrogen) atoms. The second-order valence-corrected chi connectivity index (χ2v) is 8.52. The Bertz CT molecular complexity index is 933. The van der Waals surface area contributed by atoms with E-state index in [0.717, 1.165) is 24.9 Å². The number of carbonyl (C=O) groups excluding carboxylic acids is 2. The fraction of sp³-hybridized carbons (Fsp3) is 0.455. The highest BCUT2D eigenvalue weighted by Crippen LogP contribution is 2.25. The van der Waals surface area contributed by atoms with E-state index < -0.39 is 10.9 Å². The van der Waals surface area contributed by atoms with E-state index in [9.17, 15) is 19.7 Å². The zero-order chi connectivity index (χ0) is 22.4. The van der Waals surface area contributed by atoms with Crippen molar-refractivity contribution in [1.82, 2.24) is 4.90 Å². The third-order valence-corrected chi connectivity index (χ3v) is 6.56. The number of nitro groups is 1. The Morgan fingerprint density at radius 3 is 2.39 bits per heavy atom. The Balaban J connectivity index is 1.48. The van der Waals surface area contributed by atoms with E-state index in [0.29, 0.717) is 31.1 Å². The number of ether oxygens (including phenoxy) is 1. The lowest BCUT2D eigenvalue weighted by molar-refractivity contribution is -0.384. The van der Waals surface area contributed by atoms with Crippen molar-refractivity contribution in [2.75, 3.05) is 37.7 Å². The molecule has 8 nitrogen and oxygen atoms in total. The molecule has 0 unspecified atom stereocenters. The Morgan fingerprint density at radius 2 is 1.81 bits per heavy atom. The number of rotatable bonds is 8. The van der Waals surface area contributed by atoms with Crippen molar-refractivity contribution in [3.63, 3.8) is 0 Å². The van der Waals surface area contributed by atoms with Crippen LogP contribution in [0.4, 0.5) is 11.4 Å².